The average Bonchev–Trinajstić information content (AvgIpc) is 2.18. The number of hydrogen-bond acceptors (Lipinski definition) is 3. The number of rotatable bonds is 3. The van der Waals surface area contributed by atoms with Crippen molar-refractivity contribution in [3.63, 3.8) is 0 Å². The Morgan fingerprint density at radius 3 is 2.79 bits per heavy atom. The molecule has 0 aliphatic rings. The number of hydrogen-bond donors (Lipinski definition) is 1. The quantitative estimate of drug-likeness (QED) is 0.587. The predicted octanol–water partition coefficient (Wildman–Crippen LogP) is 1.67. The number of esters is 1. The summed E-state index contributed by atoms with van der Waals surface area (Å²) < 4.78 is 4.99. The molecule has 0 heterocycles. The van der Waals surface area contributed by atoms with Crippen LogP contribution in [-0.4, -0.2) is 12.5 Å². The molecule has 0 bridgehead atoms. The van der Waals surface area contributed by atoms with Gasteiger partial charge in [-0.2, -0.15) is 0 Å². The first kappa shape index (κ1) is 10.7. The topological polar surface area (TPSA) is 52.3 Å². The summed E-state index contributed by atoms with van der Waals surface area (Å²) in [4.78, 5) is 10.9. The molecule has 0 aliphatic heterocycles. The fraction of sp³-hybridized carbons (Fsp3) is 0.364. The molecule has 0 aromatic heterocycles. The molecule has 3 nitrogen and oxygen atoms in total. The van der Waals surface area contributed by atoms with E-state index in [0.29, 0.717) is 11.7 Å². The molecule has 0 spiro atoms. The third-order valence-electron chi connectivity index (χ3n) is 1.92. The average molecular weight is 193 g/mol. The van der Waals surface area contributed by atoms with Crippen LogP contribution in [0.3, 0.4) is 0 Å². The van der Waals surface area contributed by atoms with Crippen LogP contribution in [0.2, 0.25) is 0 Å². The van der Waals surface area contributed by atoms with Gasteiger partial charge in [0.05, 0.1) is 6.54 Å². The Hall–Kier alpha value is -1.35. The Balaban J connectivity index is 2.78. The number of carbonyl (C=O) groups excluding carboxylic acids is 1. The van der Waals surface area contributed by atoms with Gasteiger partial charge in [-0.05, 0) is 23.6 Å². The fourth-order valence-corrected chi connectivity index (χ4v) is 1.11. The maximum atomic E-state index is 10.9. The highest BCUT2D eigenvalue weighted by Crippen LogP contribution is 2.19. The molecule has 0 atom stereocenters. The molecule has 2 N–H and O–H groups in total. The molecule has 1 aromatic carbocycles. The third-order valence-corrected chi connectivity index (χ3v) is 1.92. The van der Waals surface area contributed by atoms with Gasteiger partial charge in [0.2, 0.25) is 0 Å². The first-order valence-corrected chi connectivity index (χ1v) is 4.64. The Bertz CT molecular complexity index is 321. The van der Waals surface area contributed by atoms with Crippen molar-refractivity contribution in [1.29, 1.82) is 0 Å². The lowest BCUT2D eigenvalue weighted by Gasteiger charge is -2.07. The van der Waals surface area contributed by atoms with Crippen LogP contribution in [0.15, 0.2) is 24.3 Å². The van der Waals surface area contributed by atoms with Crippen LogP contribution in [0, 0.1) is 0 Å². The summed E-state index contributed by atoms with van der Waals surface area (Å²) >= 11 is 0. The Morgan fingerprint density at radius 2 is 2.21 bits per heavy atom. The molecule has 3 heteroatoms. The van der Waals surface area contributed by atoms with E-state index in [1.54, 1.807) is 6.07 Å². The van der Waals surface area contributed by atoms with Crippen molar-refractivity contribution in [3.8, 4) is 5.75 Å². The van der Waals surface area contributed by atoms with Crippen molar-refractivity contribution in [2.24, 2.45) is 5.73 Å². The van der Waals surface area contributed by atoms with E-state index < -0.39 is 5.97 Å². The van der Waals surface area contributed by atoms with Crippen LogP contribution in [0.4, 0.5) is 0 Å². The maximum absolute atomic E-state index is 10.9. The molecular weight excluding hydrogens is 178 g/mol. The summed E-state index contributed by atoms with van der Waals surface area (Å²) in [6, 6.07) is 7.48. The minimum absolute atomic E-state index is 0.0914. The van der Waals surface area contributed by atoms with Crippen molar-refractivity contribution >= 4 is 5.97 Å². The van der Waals surface area contributed by atoms with E-state index in [1.165, 1.54) is 0 Å². The van der Waals surface area contributed by atoms with Gasteiger partial charge in [-0.15, -0.1) is 0 Å². The van der Waals surface area contributed by atoms with Crippen LogP contribution in [0.1, 0.15) is 25.3 Å². The van der Waals surface area contributed by atoms with Gasteiger partial charge in [-0.1, -0.05) is 26.0 Å². The zero-order chi connectivity index (χ0) is 10.6. The first-order chi connectivity index (χ1) is 6.63. The van der Waals surface area contributed by atoms with E-state index in [-0.39, 0.29) is 6.54 Å². The summed E-state index contributed by atoms with van der Waals surface area (Å²) in [5, 5.41) is 0. The summed E-state index contributed by atoms with van der Waals surface area (Å²) in [5.74, 6) is 0.573. The van der Waals surface area contributed by atoms with Gasteiger partial charge >= 0.3 is 5.97 Å². The summed E-state index contributed by atoms with van der Waals surface area (Å²) in [6.45, 7) is 4.08. The van der Waals surface area contributed by atoms with Crippen LogP contribution < -0.4 is 10.5 Å². The van der Waals surface area contributed by atoms with Crippen molar-refractivity contribution in [1.82, 2.24) is 0 Å². The first-order valence-electron chi connectivity index (χ1n) is 4.64. The van der Waals surface area contributed by atoms with Gasteiger partial charge in [0.25, 0.3) is 0 Å². The maximum Gasteiger partial charge on any atom is 0.325 e. The van der Waals surface area contributed by atoms with Crippen LogP contribution in [0.25, 0.3) is 0 Å². The van der Waals surface area contributed by atoms with Gasteiger partial charge < -0.3 is 10.5 Å². The van der Waals surface area contributed by atoms with E-state index >= 15 is 0 Å². The lowest BCUT2D eigenvalue weighted by atomic mass is 10.0. The molecule has 1 aromatic rings. The number of carbonyl (C=O) groups is 1. The lowest BCUT2D eigenvalue weighted by molar-refractivity contribution is -0.132. The monoisotopic (exact) mass is 193 g/mol. The zero-order valence-corrected chi connectivity index (χ0v) is 8.49. The molecule has 0 saturated carbocycles. The van der Waals surface area contributed by atoms with Crippen molar-refractivity contribution in [2.75, 3.05) is 6.54 Å². The zero-order valence-electron chi connectivity index (χ0n) is 8.49. The molecule has 14 heavy (non-hydrogen) atoms. The van der Waals surface area contributed by atoms with Crippen LogP contribution in [0.5, 0.6) is 5.75 Å². The van der Waals surface area contributed by atoms with Crippen molar-refractivity contribution in [3.05, 3.63) is 29.8 Å². The number of benzene rings is 1. The molecule has 0 saturated heterocycles. The minimum atomic E-state index is -0.411. The van der Waals surface area contributed by atoms with E-state index in [2.05, 4.69) is 13.8 Å². The Kier molecular flexibility index (Phi) is 3.65. The van der Waals surface area contributed by atoms with Crippen molar-refractivity contribution in [2.45, 2.75) is 19.8 Å². The van der Waals surface area contributed by atoms with E-state index in [1.807, 2.05) is 18.2 Å². The van der Waals surface area contributed by atoms with Crippen LogP contribution >= 0.6 is 0 Å². The van der Waals surface area contributed by atoms with E-state index in [9.17, 15) is 4.79 Å². The predicted molar refractivity (Wildman–Crippen MR) is 55.2 cm³/mol. The lowest BCUT2D eigenvalue weighted by Crippen LogP contribution is -2.19. The fourth-order valence-electron chi connectivity index (χ4n) is 1.11. The number of nitrogens with two attached hydrogens (primary N) is 1. The highest BCUT2D eigenvalue weighted by Gasteiger charge is 2.04. The van der Waals surface area contributed by atoms with Gasteiger partial charge in [0, 0.05) is 0 Å². The largest absolute Gasteiger partial charge is 0.426 e. The second kappa shape index (κ2) is 4.77. The SMILES string of the molecule is CC(C)c1cccc(OC(=O)CN)c1. The normalized spacial score (nSPS) is 10.3. The summed E-state index contributed by atoms with van der Waals surface area (Å²) in [6.07, 6.45) is 0. The number of ether oxygens (including phenoxy) is 1. The van der Waals surface area contributed by atoms with E-state index in [0.717, 1.165) is 5.56 Å². The second-order valence-corrected chi connectivity index (χ2v) is 3.41. The molecule has 76 valence electrons. The minimum Gasteiger partial charge on any atom is -0.426 e. The van der Waals surface area contributed by atoms with Gasteiger partial charge in [0.1, 0.15) is 5.75 Å². The highest BCUT2D eigenvalue weighted by molar-refractivity contribution is 5.74. The molecule has 0 amide bonds. The summed E-state index contributed by atoms with van der Waals surface area (Å²) in [7, 11) is 0. The second-order valence-electron chi connectivity index (χ2n) is 3.41. The van der Waals surface area contributed by atoms with Crippen LogP contribution in [-0.2, 0) is 4.79 Å². The smallest absolute Gasteiger partial charge is 0.325 e. The molecule has 0 aliphatic carbocycles. The molecular formula is C11H15NO2. The Labute approximate surface area is 83.9 Å². The highest BCUT2D eigenvalue weighted by atomic mass is 16.5. The standard InChI is InChI=1S/C11H15NO2/c1-8(2)9-4-3-5-10(6-9)14-11(13)7-12/h3-6,8H,7,12H2,1-2H3. The van der Waals surface area contributed by atoms with Gasteiger partial charge in [-0.3, -0.25) is 4.79 Å². The molecule has 1 rings (SSSR count). The molecule has 0 radical (unpaired) electrons. The van der Waals surface area contributed by atoms with Gasteiger partial charge in [-0.25, -0.2) is 0 Å². The van der Waals surface area contributed by atoms with Crippen molar-refractivity contribution < 1.29 is 9.53 Å². The molecule has 0 fully saturated rings. The third kappa shape index (κ3) is 2.85. The Morgan fingerprint density at radius 1 is 1.50 bits per heavy atom. The van der Waals surface area contributed by atoms with Gasteiger partial charge in [0.15, 0.2) is 0 Å². The van der Waals surface area contributed by atoms with E-state index in [4.69, 9.17) is 10.5 Å². The molecule has 0 unspecified atom stereocenters. The summed E-state index contributed by atoms with van der Waals surface area (Å²) in [5.41, 5.74) is 6.29.